The molecule has 100 valence electrons. The molecular formula is C15H16BrNO2. The van der Waals surface area contributed by atoms with Gasteiger partial charge in [-0.3, -0.25) is 0 Å². The van der Waals surface area contributed by atoms with Gasteiger partial charge in [0.05, 0.1) is 11.6 Å². The van der Waals surface area contributed by atoms with Crippen LogP contribution < -0.4 is 0 Å². The van der Waals surface area contributed by atoms with Gasteiger partial charge in [-0.25, -0.2) is 4.79 Å². The maximum Gasteiger partial charge on any atom is 0.338 e. The summed E-state index contributed by atoms with van der Waals surface area (Å²) in [5, 5.41) is 3.96. The van der Waals surface area contributed by atoms with E-state index < -0.39 is 0 Å². The van der Waals surface area contributed by atoms with Gasteiger partial charge in [0.25, 0.3) is 0 Å². The van der Waals surface area contributed by atoms with Gasteiger partial charge in [0.1, 0.15) is 0 Å². The Morgan fingerprint density at radius 2 is 2.05 bits per heavy atom. The van der Waals surface area contributed by atoms with Crippen LogP contribution in [-0.2, 0) is 9.63 Å². The number of carbonyl (C=O) groups is 1. The van der Waals surface area contributed by atoms with Crippen molar-refractivity contribution in [1.82, 2.24) is 0 Å². The van der Waals surface area contributed by atoms with Crippen LogP contribution in [0.3, 0.4) is 0 Å². The van der Waals surface area contributed by atoms with Crippen molar-refractivity contribution in [3.05, 3.63) is 34.3 Å². The third-order valence-corrected chi connectivity index (χ3v) is 4.89. The average Bonchev–Trinajstić information content (AvgIpc) is 3.12. The second kappa shape index (κ2) is 4.75. The van der Waals surface area contributed by atoms with Crippen LogP contribution in [0, 0.1) is 11.3 Å². The van der Waals surface area contributed by atoms with Crippen molar-refractivity contribution in [2.75, 3.05) is 0 Å². The first-order valence-corrected chi connectivity index (χ1v) is 7.41. The van der Waals surface area contributed by atoms with Gasteiger partial charge in [0.15, 0.2) is 0 Å². The Morgan fingerprint density at radius 3 is 2.58 bits per heavy atom. The van der Waals surface area contributed by atoms with Crippen LogP contribution >= 0.6 is 15.9 Å². The molecule has 1 aromatic carbocycles. The maximum atomic E-state index is 11.9. The van der Waals surface area contributed by atoms with E-state index in [0.717, 1.165) is 22.2 Å². The Labute approximate surface area is 121 Å². The van der Waals surface area contributed by atoms with E-state index in [4.69, 9.17) is 4.84 Å². The number of benzene rings is 1. The largest absolute Gasteiger partial charge is 0.338 e. The number of oxime groups is 1. The van der Waals surface area contributed by atoms with Crippen molar-refractivity contribution in [2.24, 2.45) is 16.5 Å². The fourth-order valence-corrected chi connectivity index (χ4v) is 3.05. The van der Waals surface area contributed by atoms with Crippen molar-refractivity contribution in [1.29, 1.82) is 0 Å². The molecule has 0 unspecified atom stereocenters. The number of carbonyl (C=O) groups excluding carboxylic acids is 1. The molecule has 0 bridgehead atoms. The predicted octanol–water partition coefficient (Wildman–Crippen LogP) is 3.91. The molecule has 0 aromatic heterocycles. The normalized spacial score (nSPS) is 23.9. The van der Waals surface area contributed by atoms with Gasteiger partial charge in [-0.15, -0.1) is 0 Å². The van der Waals surface area contributed by atoms with Gasteiger partial charge in [0.2, 0.25) is 0 Å². The predicted molar refractivity (Wildman–Crippen MR) is 76.8 cm³/mol. The Balaban J connectivity index is 1.60. The molecule has 1 atom stereocenters. The fraction of sp³-hybridized carbons (Fsp3) is 0.467. The van der Waals surface area contributed by atoms with E-state index in [9.17, 15) is 4.79 Å². The van der Waals surface area contributed by atoms with Gasteiger partial charge in [0, 0.05) is 4.47 Å². The van der Waals surface area contributed by atoms with Crippen molar-refractivity contribution < 1.29 is 9.63 Å². The fourth-order valence-electron chi connectivity index (χ4n) is 2.79. The molecule has 2 aliphatic rings. The van der Waals surface area contributed by atoms with Gasteiger partial charge < -0.3 is 4.84 Å². The molecule has 0 amide bonds. The standard InChI is InChI=1S/C15H16BrNO2/c1-10(11-3-5-12(16)6-4-11)17-19-14(18)13-9-15(13)7-2-8-15/h3-6,13H,2,7-9H2,1H3/b17-10+/t13-/m1/s1. The Kier molecular flexibility index (Phi) is 3.21. The lowest BCUT2D eigenvalue weighted by molar-refractivity contribution is -0.146. The van der Waals surface area contributed by atoms with E-state index in [2.05, 4.69) is 21.1 Å². The minimum Gasteiger partial charge on any atom is -0.318 e. The Hall–Kier alpha value is -1.16. The maximum absolute atomic E-state index is 11.9. The summed E-state index contributed by atoms with van der Waals surface area (Å²) in [5.74, 6) is -0.0566. The van der Waals surface area contributed by atoms with Crippen LogP contribution in [0.5, 0.6) is 0 Å². The molecule has 1 spiro atoms. The third-order valence-electron chi connectivity index (χ3n) is 4.36. The summed E-state index contributed by atoms with van der Waals surface area (Å²) in [6.45, 7) is 1.85. The molecule has 19 heavy (non-hydrogen) atoms. The molecular weight excluding hydrogens is 306 g/mol. The van der Waals surface area contributed by atoms with Crippen LogP contribution in [0.4, 0.5) is 0 Å². The summed E-state index contributed by atoms with van der Waals surface area (Å²) in [6.07, 6.45) is 4.62. The van der Waals surface area contributed by atoms with Crippen molar-refractivity contribution in [3.8, 4) is 0 Å². The van der Waals surface area contributed by atoms with E-state index in [1.807, 2.05) is 31.2 Å². The van der Waals surface area contributed by atoms with Gasteiger partial charge >= 0.3 is 5.97 Å². The van der Waals surface area contributed by atoms with E-state index in [0.29, 0.717) is 5.41 Å². The van der Waals surface area contributed by atoms with E-state index in [1.54, 1.807) is 0 Å². The quantitative estimate of drug-likeness (QED) is 0.481. The monoisotopic (exact) mass is 321 g/mol. The molecule has 1 aromatic rings. The van der Waals surface area contributed by atoms with Crippen LogP contribution in [0.2, 0.25) is 0 Å². The topological polar surface area (TPSA) is 38.7 Å². The molecule has 4 heteroatoms. The van der Waals surface area contributed by atoms with Crippen LogP contribution in [0.25, 0.3) is 0 Å². The smallest absolute Gasteiger partial charge is 0.318 e. The van der Waals surface area contributed by atoms with Gasteiger partial charge in [-0.1, -0.05) is 39.6 Å². The van der Waals surface area contributed by atoms with E-state index in [1.165, 1.54) is 19.3 Å². The minimum atomic E-state index is -0.156. The lowest BCUT2D eigenvalue weighted by Crippen LogP contribution is -2.19. The lowest BCUT2D eigenvalue weighted by atomic mass is 9.80. The zero-order chi connectivity index (χ0) is 13.5. The first kappa shape index (κ1) is 12.9. The third kappa shape index (κ3) is 2.46. The van der Waals surface area contributed by atoms with Crippen LogP contribution in [0.15, 0.2) is 33.9 Å². The molecule has 3 nitrogen and oxygen atoms in total. The number of hydrogen-bond acceptors (Lipinski definition) is 3. The Morgan fingerprint density at radius 1 is 1.37 bits per heavy atom. The zero-order valence-electron chi connectivity index (χ0n) is 10.9. The number of halogens is 1. The molecule has 2 saturated carbocycles. The molecule has 3 rings (SSSR count). The molecule has 2 fully saturated rings. The Bertz CT molecular complexity index is 532. The van der Waals surface area contributed by atoms with Crippen molar-refractivity contribution >= 4 is 27.6 Å². The highest BCUT2D eigenvalue weighted by Crippen LogP contribution is 2.65. The number of hydrogen-bond donors (Lipinski definition) is 0. The SMILES string of the molecule is C/C(=N\OC(=O)[C@H]1CC12CCC2)c1ccc(Br)cc1. The first-order chi connectivity index (χ1) is 9.11. The molecule has 0 saturated heterocycles. The second-order valence-corrected chi connectivity index (χ2v) is 6.48. The highest BCUT2D eigenvalue weighted by molar-refractivity contribution is 9.10. The average molecular weight is 322 g/mol. The summed E-state index contributed by atoms with van der Waals surface area (Å²) in [6, 6.07) is 7.78. The summed E-state index contributed by atoms with van der Waals surface area (Å²) in [4.78, 5) is 16.9. The number of nitrogens with zero attached hydrogens (tertiary/aromatic N) is 1. The summed E-state index contributed by atoms with van der Waals surface area (Å²) >= 11 is 3.39. The molecule has 0 N–H and O–H groups in total. The molecule has 2 aliphatic carbocycles. The second-order valence-electron chi connectivity index (χ2n) is 5.57. The first-order valence-electron chi connectivity index (χ1n) is 6.62. The number of rotatable bonds is 3. The summed E-state index contributed by atoms with van der Waals surface area (Å²) in [5.41, 5.74) is 1.99. The van der Waals surface area contributed by atoms with Crippen LogP contribution in [0.1, 0.15) is 38.2 Å². The highest BCUT2D eigenvalue weighted by atomic mass is 79.9. The lowest BCUT2D eigenvalue weighted by Gasteiger charge is -2.25. The van der Waals surface area contributed by atoms with E-state index >= 15 is 0 Å². The zero-order valence-corrected chi connectivity index (χ0v) is 12.4. The van der Waals surface area contributed by atoms with Crippen LogP contribution in [-0.4, -0.2) is 11.7 Å². The van der Waals surface area contributed by atoms with Crippen molar-refractivity contribution in [2.45, 2.75) is 32.6 Å². The van der Waals surface area contributed by atoms with E-state index in [-0.39, 0.29) is 11.9 Å². The highest BCUT2D eigenvalue weighted by Gasteiger charge is 2.62. The molecule has 0 heterocycles. The van der Waals surface area contributed by atoms with Crippen molar-refractivity contribution in [3.63, 3.8) is 0 Å². The molecule has 0 radical (unpaired) electrons. The summed E-state index contributed by atoms with van der Waals surface area (Å²) in [7, 11) is 0. The molecule has 0 aliphatic heterocycles. The minimum absolute atomic E-state index is 0.0997. The van der Waals surface area contributed by atoms with Gasteiger partial charge in [-0.2, -0.15) is 0 Å². The van der Waals surface area contributed by atoms with Gasteiger partial charge in [-0.05, 0) is 49.3 Å². The summed E-state index contributed by atoms with van der Waals surface area (Å²) < 4.78 is 1.02.